The molecule has 0 aromatic heterocycles. The van der Waals surface area contributed by atoms with E-state index in [9.17, 15) is 4.79 Å². The minimum atomic E-state index is 0.124. The summed E-state index contributed by atoms with van der Waals surface area (Å²) < 4.78 is 0. The molecule has 0 radical (unpaired) electrons. The maximum Gasteiger partial charge on any atom is 0.231 e. The number of fused-ring (bicyclic) bond motifs is 1. The van der Waals surface area contributed by atoms with Crippen molar-refractivity contribution in [3.63, 3.8) is 0 Å². The highest BCUT2D eigenvalue weighted by molar-refractivity contribution is 6.04. The molecule has 0 saturated heterocycles. The summed E-state index contributed by atoms with van der Waals surface area (Å²) in [6, 6.07) is 12.1. The average molecular weight is 266 g/mol. The molecule has 1 amide bonds. The van der Waals surface area contributed by atoms with Crippen LogP contribution >= 0.6 is 0 Å². The van der Waals surface area contributed by atoms with Crippen LogP contribution in [-0.4, -0.2) is 5.91 Å². The molecule has 0 atom stereocenters. The van der Waals surface area contributed by atoms with Gasteiger partial charge in [-0.3, -0.25) is 4.79 Å². The van der Waals surface area contributed by atoms with Gasteiger partial charge in [0.05, 0.1) is 24.3 Å². The van der Waals surface area contributed by atoms with Crippen molar-refractivity contribution in [2.75, 3.05) is 10.6 Å². The predicted octanol–water partition coefficient (Wildman–Crippen LogP) is 2.97. The zero-order valence-electron chi connectivity index (χ0n) is 11.8. The van der Waals surface area contributed by atoms with Crippen molar-refractivity contribution >= 4 is 17.3 Å². The number of benzene rings is 2. The molecule has 0 bridgehead atoms. The Balaban J connectivity index is 2.00. The van der Waals surface area contributed by atoms with Gasteiger partial charge in [0.2, 0.25) is 5.91 Å². The van der Waals surface area contributed by atoms with Crippen LogP contribution in [0.1, 0.15) is 22.3 Å². The molecule has 0 saturated carbocycles. The number of carbonyl (C=O) groups excluding carboxylic acids is 1. The summed E-state index contributed by atoms with van der Waals surface area (Å²) in [5.41, 5.74) is 12.2. The van der Waals surface area contributed by atoms with Crippen LogP contribution in [0.15, 0.2) is 36.4 Å². The first-order valence-electron chi connectivity index (χ1n) is 6.80. The normalized spacial score (nSPS) is 13.7. The van der Waals surface area contributed by atoms with Gasteiger partial charge in [0, 0.05) is 0 Å². The van der Waals surface area contributed by atoms with Crippen molar-refractivity contribution < 1.29 is 4.79 Å². The molecule has 3 nitrogen and oxygen atoms in total. The Kier molecular flexibility index (Phi) is 2.97. The van der Waals surface area contributed by atoms with E-state index >= 15 is 0 Å². The Labute approximate surface area is 119 Å². The molecule has 0 fully saturated rings. The summed E-state index contributed by atoms with van der Waals surface area (Å²) in [6.45, 7) is 4.73. The molecule has 1 aliphatic heterocycles. The molecule has 1 aliphatic rings. The van der Waals surface area contributed by atoms with Crippen LogP contribution in [0.5, 0.6) is 0 Å². The van der Waals surface area contributed by atoms with Crippen molar-refractivity contribution in [3.8, 4) is 0 Å². The van der Waals surface area contributed by atoms with Gasteiger partial charge in [0.1, 0.15) is 0 Å². The Morgan fingerprint density at radius 2 is 2.00 bits per heavy atom. The van der Waals surface area contributed by atoms with Crippen LogP contribution in [0.4, 0.5) is 11.4 Å². The number of amides is 1. The van der Waals surface area contributed by atoms with Crippen LogP contribution in [0.3, 0.4) is 0 Å². The molecule has 2 aromatic carbocycles. The molecule has 0 spiro atoms. The maximum atomic E-state index is 12.3. The number of nitrogen functional groups attached to an aromatic ring is 1. The lowest BCUT2D eigenvalue weighted by Crippen LogP contribution is -2.27. The summed E-state index contributed by atoms with van der Waals surface area (Å²) >= 11 is 0. The van der Waals surface area contributed by atoms with Gasteiger partial charge in [-0.05, 0) is 36.6 Å². The van der Waals surface area contributed by atoms with Crippen LogP contribution in [0.2, 0.25) is 0 Å². The van der Waals surface area contributed by atoms with E-state index in [4.69, 9.17) is 5.73 Å². The Morgan fingerprint density at radius 3 is 2.80 bits per heavy atom. The number of carbonyl (C=O) groups is 1. The van der Waals surface area contributed by atoms with Gasteiger partial charge < -0.3 is 10.6 Å². The number of aryl methyl sites for hydroxylation is 2. The minimum absolute atomic E-state index is 0.124. The number of rotatable bonds is 2. The van der Waals surface area contributed by atoms with E-state index in [0.717, 1.165) is 11.3 Å². The zero-order chi connectivity index (χ0) is 14.3. The number of nitrogens with zero attached hydrogens (tertiary/aromatic N) is 1. The minimum Gasteiger partial charge on any atom is -0.397 e. The molecule has 0 aliphatic carbocycles. The summed E-state index contributed by atoms with van der Waals surface area (Å²) in [5.74, 6) is 0.124. The monoisotopic (exact) mass is 266 g/mol. The van der Waals surface area contributed by atoms with E-state index in [1.807, 2.05) is 23.1 Å². The van der Waals surface area contributed by atoms with E-state index < -0.39 is 0 Å². The number of para-hydroxylation sites is 1. The number of anilines is 2. The largest absolute Gasteiger partial charge is 0.397 e. The molecule has 3 rings (SSSR count). The smallest absolute Gasteiger partial charge is 0.231 e. The molecule has 20 heavy (non-hydrogen) atoms. The Morgan fingerprint density at radius 1 is 1.20 bits per heavy atom. The fourth-order valence-electron chi connectivity index (χ4n) is 2.77. The third-order valence-electron chi connectivity index (χ3n) is 3.90. The van der Waals surface area contributed by atoms with Crippen LogP contribution in [0.25, 0.3) is 0 Å². The van der Waals surface area contributed by atoms with Gasteiger partial charge in [0.15, 0.2) is 0 Å². The molecule has 0 unspecified atom stereocenters. The SMILES string of the molecule is Cc1ccc(C)c(CN2C(=O)Cc3cccc(N)c32)c1. The topological polar surface area (TPSA) is 46.3 Å². The molecule has 2 N–H and O–H groups in total. The van der Waals surface area contributed by atoms with E-state index in [1.165, 1.54) is 16.7 Å². The lowest BCUT2D eigenvalue weighted by atomic mass is 10.0. The molecule has 1 heterocycles. The fourth-order valence-corrected chi connectivity index (χ4v) is 2.77. The second kappa shape index (κ2) is 4.67. The first-order valence-corrected chi connectivity index (χ1v) is 6.80. The number of hydrogen-bond donors (Lipinski definition) is 1. The number of nitrogens with two attached hydrogens (primary N) is 1. The van der Waals surface area contributed by atoms with Crippen molar-refractivity contribution in [2.45, 2.75) is 26.8 Å². The summed E-state index contributed by atoms with van der Waals surface area (Å²) in [7, 11) is 0. The summed E-state index contributed by atoms with van der Waals surface area (Å²) in [4.78, 5) is 14.1. The molecule has 102 valence electrons. The second-order valence-electron chi connectivity index (χ2n) is 5.44. The van der Waals surface area contributed by atoms with Gasteiger partial charge in [-0.1, -0.05) is 35.9 Å². The fraction of sp³-hybridized carbons (Fsp3) is 0.235. The van der Waals surface area contributed by atoms with E-state index in [-0.39, 0.29) is 5.91 Å². The van der Waals surface area contributed by atoms with E-state index in [0.29, 0.717) is 18.7 Å². The van der Waals surface area contributed by atoms with Gasteiger partial charge in [-0.15, -0.1) is 0 Å². The van der Waals surface area contributed by atoms with Gasteiger partial charge in [0.25, 0.3) is 0 Å². The third kappa shape index (κ3) is 2.05. The summed E-state index contributed by atoms with van der Waals surface area (Å²) in [6.07, 6.45) is 0.450. The van der Waals surface area contributed by atoms with E-state index in [1.54, 1.807) is 0 Å². The van der Waals surface area contributed by atoms with Crippen molar-refractivity contribution in [2.24, 2.45) is 0 Å². The van der Waals surface area contributed by atoms with Crippen LogP contribution < -0.4 is 10.6 Å². The first-order chi connectivity index (χ1) is 9.56. The Bertz CT molecular complexity index is 691. The van der Waals surface area contributed by atoms with Crippen molar-refractivity contribution in [1.82, 2.24) is 0 Å². The highest BCUT2D eigenvalue weighted by Gasteiger charge is 2.29. The average Bonchev–Trinajstić information content (AvgIpc) is 2.72. The highest BCUT2D eigenvalue weighted by Crippen LogP contribution is 2.35. The van der Waals surface area contributed by atoms with Crippen LogP contribution in [-0.2, 0) is 17.8 Å². The Hall–Kier alpha value is -2.29. The van der Waals surface area contributed by atoms with Crippen molar-refractivity contribution in [3.05, 3.63) is 58.7 Å². The van der Waals surface area contributed by atoms with Crippen molar-refractivity contribution in [1.29, 1.82) is 0 Å². The molecule has 3 heteroatoms. The van der Waals surface area contributed by atoms with Gasteiger partial charge in [-0.2, -0.15) is 0 Å². The summed E-state index contributed by atoms with van der Waals surface area (Å²) in [5, 5.41) is 0. The lowest BCUT2D eigenvalue weighted by molar-refractivity contribution is -0.117. The predicted molar refractivity (Wildman–Crippen MR) is 81.7 cm³/mol. The van der Waals surface area contributed by atoms with Crippen LogP contribution in [0, 0.1) is 13.8 Å². The highest BCUT2D eigenvalue weighted by atomic mass is 16.2. The molecular weight excluding hydrogens is 248 g/mol. The number of hydrogen-bond acceptors (Lipinski definition) is 2. The van der Waals surface area contributed by atoms with Gasteiger partial charge >= 0.3 is 0 Å². The standard InChI is InChI=1S/C17H18N2O/c1-11-6-7-12(2)14(8-11)10-19-16(20)9-13-4-3-5-15(18)17(13)19/h3-8H,9-10,18H2,1-2H3. The van der Waals surface area contributed by atoms with E-state index in [2.05, 4.69) is 32.0 Å². The second-order valence-corrected chi connectivity index (χ2v) is 5.44. The quantitative estimate of drug-likeness (QED) is 0.849. The molecule has 2 aromatic rings. The van der Waals surface area contributed by atoms with Gasteiger partial charge in [-0.25, -0.2) is 0 Å². The first kappa shape index (κ1) is 12.7. The lowest BCUT2D eigenvalue weighted by Gasteiger charge is -2.20. The third-order valence-corrected chi connectivity index (χ3v) is 3.90. The molecular formula is C17H18N2O. The zero-order valence-corrected chi connectivity index (χ0v) is 11.8. The maximum absolute atomic E-state index is 12.3.